The number of benzene rings is 1. The van der Waals surface area contributed by atoms with Crippen LogP contribution >= 0.6 is 0 Å². The van der Waals surface area contributed by atoms with Crippen LogP contribution in [0.3, 0.4) is 0 Å². The Hall–Kier alpha value is -1.82. The summed E-state index contributed by atoms with van der Waals surface area (Å²) in [5.41, 5.74) is 0.178. The number of rotatable bonds is 3. The highest BCUT2D eigenvalue weighted by molar-refractivity contribution is 5.89. The average Bonchev–Trinajstić information content (AvgIpc) is 2.25. The van der Waals surface area contributed by atoms with E-state index in [-0.39, 0.29) is 18.3 Å². The molecule has 0 spiro atoms. The summed E-state index contributed by atoms with van der Waals surface area (Å²) in [5, 5.41) is 2.70. The largest absolute Gasteiger partial charge is 0.344 e. The van der Waals surface area contributed by atoms with Gasteiger partial charge in [-0.3, -0.25) is 4.79 Å². The molecular weight excluding hydrogens is 217 g/mol. The molecule has 0 saturated heterocycles. The topological polar surface area (TPSA) is 29.1 Å². The SMILES string of the molecule is C#CCNC(=O)C1(c2cccc(F)c2)CCC1. The zero-order valence-electron chi connectivity index (χ0n) is 9.50. The fourth-order valence-corrected chi connectivity index (χ4v) is 2.26. The summed E-state index contributed by atoms with van der Waals surface area (Å²) in [6, 6.07) is 6.26. The number of amides is 1. The second kappa shape index (κ2) is 4.58. The molecule has 0 heterocycles. The molecule has 1 N–H and O–H groups in total. The zero-order chi connectivity index (χ0) is 12.3. The highest BCUT2D eigenvalue weighted by Gasteiger charge is 2.45. The lowest BCUT2D eigenvalue weighted by Gasteiger charge is -2.40. The third kappa shape index (κ3) is 2.03. The Morgan fingerprint density at radius 2 is 2.29 bits per heavy atom. The van der Waals surface area contributed by atoms with Crippen LogP contribution in [0.25, 0.3) is 0 Å². The molecule has 88 valence electrons. The van der Waals surface area contributed by atoms with Crippen LogP contribution in [0.4, 0.5) is 4.39 Å². The van der Waals surface area contributed by atoms with Gasteiger partial charge in [0.25, 0.3) is 0 Å². The van der Waals surface area contributed by atoms with E-state index in [9.17, 15) is 9.18 Å². The molecule has 0 aliphatic heterocycles. The van der Waals surface area contributed by atoms with Gasteiger partial charge in [0.1, 0.15) is 5.82 Å². The van der Waals surface area contributed by atoms with E-state index in [1.54, 1.807) is 12.1 Å². The highest BCUT2D eigenvalue weighted by atomic mass is 19.1. The monoisotopic (exact) mass is 231 g/mol. The highest BCUT2D eigenvalue weighted by Crippen LogP contribution is 2.44. The molecule has 1 amide bonds. The van der Waals surface area contributed by atoms with Gasteiger partial charge in [-0.1, -0.05) is 24.5 Å². The maximum absolute atomic E-state index is 13.2. The van der Waals surface area contributed by atoms with Crippen LogP contribution < -0.4 is 5.32 Å². The first kappa shape index (κ1) is 11.7. The molecular formula is C14H14FNO. The maximum Gasteiger partial charge on any atom is 0.231 e. The summed E-state index contributed by atoms with van der Waals surface area (Å²) >= 11 is 0. The molecule has 1 aromatic rings. The summed E-state index contributed by atoms with van der Waals surface area (Å²) in [4.78, 5) is 12.1. The van der Waals surface area contributed by atoms with Crippen molar-refractivity contribution in [3.05, 3.63) is 35.6 Å². The van der Waals surface area contributed by atoms with Crippen molar-refractivity contribution in [1.29, 1.82) is 0 Å². The summed E-state index contributed by atoms with van der Waals surface area (Å²) in [5.74, 6) is 1.98. The number of carbonyl (C=O) groups is 1. The van der Waals surface area contributed by atoms with E-state index in [0.717, 1.165) is 24.8 Å². The van der Waals surface area contributed by atoms with Crippen LogP contribution in [0.1, 0.15) is 24.8 Å². The van der Waals surface area contributed by atoms with Crippen LogP contribution in [0.5, 0.6) is 0 Å². The zero-order valence-corrected chi connectivity index (χ0v) is 9.50. The van der Waals surface area contributed by atoms with Gasteiger partial charge in [-0.05, 0) is 30.5 Å². The van der Waals surface area contributed by atoms with Gasteiger partial charge in [0, 0.05) is 0 Å². The summed E-state index contributed by atoms with van der Waals surface area (Å²) in [6.07, 6.45) is 7.62. The number of carbonyl (C=O) groups excluding carboxylic acids is 1. The fraction of sp³-hybridized carbons (Fsp3) is 0.357. The van der Waals surface area contributed by atoms with Crippen LogP contribution in [-0.4, -0.2) is 12.5 Å². The van der Waals surface area contributed by atoms with Gasteiger partial charge in [-0.15, -0.1) is 6.42 Å². The lowest BCUT2D eigenvalue weighted by Crippen LogP contribution is -2.49. The van der Waals surface area contributed by atoms with Gasteiger partial charge >= 0.3 is 0 Å². The average molecular weight is 231 g/mol. The molecule has 17 heavy (non-hydrogen) atoms. The normalized spacial score (nSPS) is 16.7. The van der Waals surface area contributed by atoms with Crippen molar-refractivity contribution >= 4 is 5.91 Å². The quantitative estimate of drug-likeness (QED) is 0.792. The molecule has 2 rings (SSSR count). The number of terminal acetylenes is 1. The van der Waals surface area contributed by atoms with E-state index in [1.165, 1.54) is 12.1 Å². The molecule has 1 aromatic carbocycles. The third-order valence-electron chi connectivity index (χ3n) is 3.37. The first-order valence-electron chi connectivity index (χ1n) is 5.67. The van der Waals surface area contributed by atoms with E-state index >= 15 is 0 Å². The van der Waals surface area contributed by atoms with Gasteiger partial charge in [-0.25, -0.2) is 4.39 Å². The van der Waals surface area contributed by atoms with E-state index in [2.05, 4.69) is 11.2 Å². The van der Waals surface area contributed by atoms with Gasteiger partial charge in [-0.2, -0.15) is 0 Å². The molecule has 1 fully saturated rings. The van der Waals surface area contributed by atoms with Crippen molar-refractivity contribution in [3.63, 3.8) is 0 Å². The first-order valence-corrected chi connectivity index (χ1v) is 5.67. The predicted molar refractivity (Wildman–Crippen MR) is 63.8 cm³/mol. The summed E-state index contributed by atoms with van der Waals surface area (Å²) in [6.45, 7) is 0.218. The molecule has 0 aromatic heterocycles. The Morgan fingerprint density at radius 1 is 1.53 bits per heavy atom. The lowest BCUT2D eigenvalue weighted by molar-refractivity contribution is -0.129. The van der Waals surface area contributed by atoms with Crippen LogP contribution in [0.15, 0.2) is 24.3 Å². The van der Waals surface area contributed by atoms with E-state index in [4.69, 9.17) is 6.42 Å². The predicted octanol–water partition coefficient (Wildman–Crippen LogP) is 2.00. The van der Waals surface area contributed by atoms with Crippen LogP contribution in [-0.2, 0) is 10.2 Å². The minimum absolute atomic E-state index is 0.0905. The summed E-state index contributed by atoms with van der Waals surface area (Å²) in [7, 11) is 0. The van der Waals surface area contributed by atoms with E-state index in [1.807, 2.05) is 0 Å². The Bertz CT molecular complexity index is 471. The van der Waals surface area contributed by atoms with Crippen molar-refractivity contribution in [2.75, 3.05) is 6.54 Å². The minimum Gasteiger partial charge on any atom is -0.344 e. The smallest absolute Gasteiger partial charge is 0.231 e. The Kier molecular flexibility index (Phi) is 3.14. The van der Waals surface area contributed by atoms with Crippen LogP contribution in [0.2, 0.25) is 0 Å². The van der Waals surface area contributed by atoms with Crippen molar-refractivity contribution in [2.45, 2.75) is 24.7 Å². The van der Waals surface area contributed by atoms with Crippen molar-refractivity contribution in [1.82, 2.24) is 5.32 Å². The second-order valence-electron chi connectivity index (χ2n) is 4.33. The molecule has 1 aliphatic carbocycles. The Balaban J connectivity index is 2.26. The Morgan fingerprint density at radius 3 is 2.82 bits per heavy atom. The molecule has 0 atom stereocenters. The molecule has 2 nitrogen and oxygen atoms in total. The standard InChI is InChI=1S/C14H14FNO/c1-2-9-16-13(17)14(7-4-8-14)11-5-3-6-12(15)10-11/h1,3,5-6,10H,4,7-9H2,(H,16,17). The number of nitrogens with one attached hydrogen (secondary N) is 1. The molecule has 1 aliphatic rings. The van der Waals surface area contributed by atoms with Gasteiger partial charge in [0.2, 0.25) is 5.91 Å². The molecule has 0 unspecified atom stereocenters. The van der Waals surface area contributed by atoms with Gasteiger partial charge in [0.15, 0.2) is 0 Å². The van der Waals surface area contributed by atoms with Gasteiger partial charge < -0.3 is 5.32 Å². The number of hydrogen-bond donors (Lipinski definition) is 1. The van der Waals surface area contributed by atoms with Crippen molar-refractivity contribution in [2.24, 2.45) is 0 Å². The van der Waals surface area contributed by atoms with Crippen LogP contribution in [0, 0.1) is 18.2 Å². The minimum atomic E-state index is -0.570. The fourth-order valence-electron chi connectivity index (χ4n) is 2.26. The lowest BCUT2D eigenvalue weighted by atomic mass is 9.64. The van der Waals surface area contributed by atoms with E-state index < -0.39 is 5.41 Å². The molecule has 1 saturated carbocycles. The molecule has 0 radical (unpaired) electrons. The first-order chi connectivity index (χ1) is 8.19. The van der Waals surface area contributed by atoms with Gasteiger partial charge in [0.05, 0.1) is 12.0 Å². The molecule has 3 heteroatoms. The van der Waals surface area contributed by atoms with Crippen molar-refractivity contribution < 1.29 is 9.18 Å². The number of halogens is 1. The number of hydrogen-bond acceptors (Lipinski definition) is 1. The van der Waals surface area contributed by atoms with Crippen molar-refractivity contribution in [3.8, 4) is 12.3 Å². The second-order valence-corrected chi connectivity index (χ2v) is 4.33. The summed E-state index contributed by atoms with van der Waals surface area (Å²) < 4.78 is 13.2. The van der Waals surface area contributed by atoms with E-state index in [0.29, 0.717) is 0 Å². The Labute approximate surface area is 100 Å². The maximum atomic E-state index is 13.2. The third-order valence-corrected chi connectivity index (χ3v) is 3.37. The molecule has 0 bridgehead atoms.